The van der Waals surface area contributed by atoms with Gasteiger partial charge in [0.15, 0.2) is 0 Å². The van der Waals surface area contributed by atoms with Gasteiger partial charge in [0.1, 0.15) is 0 Å². The normalized spacial score (nSPS) is 21.2. The summed E-state index contributed by atoms with van der Waals surface area (Å²) in [6.45, 7) is 4.15. The number of benzene rings is 1. The van der Waals surface area contributed by atoms with Gasteiger partial charge in [-0.3, -0.25) is 0 Å². The maximum atomic E-state index is 8.90. The highest BCUT2D eigenvalue weighted by molar-refractivity contribution is 8.06. The summed E-state index contributed by atoms with van der Waals surface area (Å²) in [7, 11) is 0. The van der Waals surface area contributed by atoms with Gasteiger partial charge in [-0.2, -0.15) is 5.26 Å². The second kappa shape index (κ2) is 5.47. The van der Waals surface area contributed by atoms with Gasteiger partial charge in [-0.05, 0) is 40.5 Å². The van der Waals surface area contributed by atoms with Gasteiger partial charge in [-0.1, -0.05) is 18.7 Å². The van der Waals surface area contributed by atoms with Crippen molar-refractivity contribution in [3.8, 4) is 6.07 Å². The molecular formula is C13H13NS2. The summed E-state index contributed by atoms with van der Waals surface area (Å²) >= 11 is 3.79. The van der Waals surface area contributed by atoms with E-state index in [1.165, 1.54) is 28.4 Å². The number of rotatable bonds is 1. The van der Waals surface area contributed by atoms with Crippen molar-refractivity contribution in [1.29, 1.82) is 5.26 Å². The van der Waals surface area contributed by atoms with Crippen LogP contribution in [0, 0.1) is 11.3 Å². The molecule has 1 unspecified atom stereocenters. The minimum atomic E-state index is 0.348. The Balaban J connectivity index is 2.27. The summed E-state index contributed by atoms with van der Waals surface area (Å²) < 4.78 is 0. The number of thioether (sulfide) groups is 2. The van der Waals surface area contributed by atoms with E-state index < -0.39 is 0 Å². The first-order chi connectivity index (χ1) is 7.81. The molecule has 0 saturated carbocycles. The van der Waals surface area contributed by atoms with E-state index in [9.17, 15) is 0 Å². The minimum Gasteiger partial charge on any atom is -0.192 e. The van der Waals surface area contributed by atoms with E-state index in [4.69, 9.17) is 5.26 Å². The lowest BCUT2D eigenvalue weighted by Gasteiger charge is -2.16. The topological polar surface area (TPSA) is 23.8 Å². The molecule has 16 heavy (non-hydrogen) atoms. The largest absolute Gasteiger partial charge is 0.192 e. The smallest absolute Gasteiger partial charge is 0.0991 e. The van der Waals surface area contributed by atoms with Crippen LogP contribution in [0.15, 0.2) is 35.7 Å². The van der Waals surface area contributed by atoms with E-state index in [1.807, 2.05) is 41.7 Å². The molecule has 0 N–H and O–H groups in total. The second-order valence-electron chi connectivity index (χ2n) is 3.66. The molecule has 0 spiro atoms. The SMILES string of the molecule is C=C1SCCCSC1c1cccc(C#N)c1. The fraction of sp³-hybridized carbons (Fsp3) is 0.308. The third-order valence-electron chi connectivity index (χ3n) is 2.47. The Morgan fingerprint density at radius 2 is 2.25 bits per heavy atom. The van der Waals surface area contributed by atoms with Crippen molar-refractivity contribution in [2.24, 2.45) is 0 Å². The van der Waals surface area contributed by atoms with Crippen LogP contribution in [0.2, 0.25) is 0 Å². The molecule has 0 radical (unpaired) electrons. The van der Waals surface area contributed by atoms with Crippen molar-refractivity contribution in [3.05, 3.63) is 46.9 Å². The minimum absolute atomic E-state index is 0.348. The van der Waals surface area contributed by atoms with Crippen molar-refractivity contribution >= 4 is 23.5 Å². The van der Waals surface area contributed by atoms with Crippen LogP contribution in [0.3, 0.4) is 0 Å². The molecule has 1 atom stereocenters. The first kappa shape index (κ1) is 11.6. The van der Waals surface area contributed by atoms with Gasteiger partial charge in [0, 0.05) is 0 Å². The first-order valence-electron chi connectivity index (χ1n) is 5.24. The maximum absolute atomic E-state index is 8.90. The zero-order valence-corrected chi connectivity index (χ0v) is 10.6. The lowest BCUT2D eigenvalue weighted by molar-refractivity contribution is 1.13. The summed E-state index contributed by atoms with van der Waals surface area (Å²) in [5, 5.41) is 9.25. The Morgan fingerprint density at radius 3 is 3.06 bits per heavy atom. The lowest BCUT2D eigenvalue weighted by Crippen LogP contribution is -1.95. The molecule has 0 aromatic heterocycles. The number of nitriles is 1. The number of hydrogen-bond donors (Lipinski definition) is 0. The van der Waals surface area contributed by atoms with E-state index in [2.05, 4.69) is 18.7 Å². The van der Waals surface area contributed by atoms with Crippen LogP contribution >= 0.6 is 23.5 Å². The van der Waals surface area contributed by atoms with E-state index in [-0.39, 0.29) is 0 Å². The summed E-state index contributed by atoms with van der Waals surface area (Å²) in [6, 6.07) is 10.1. The summed E-state index contributed by atoms with van der Waals surface area (Å²) in [5.74, 6) is 2.34. The molecule has 2 rings (SSSR count). The van der Waals surface area contributed by atoms with Crippen LogP contribution in [0.5, 0.6) is 0 Å². The zero-order chi connectivity index (χ0) is 11.4. The standard InChI is InChI=1S/C13H13NS2/c1-10-13(16-7-3-6-15-10)12-5-2-4-11(8-12)9-14/h2,4-5,8,13H,1,3,6-7H2. The van der Waals surface area contributed by atoms with Gasteiger partial charge < -0.3 is 0 Å². The Bertz CT molecular complexity index is 434. The average Bonchev–Trinajstić information content (AvgIpc) is 2.54. The van der Waals surface area contributed by atoms with Crippen molar-refractivity contribution in [2.45, 2.75) is 11.7 Å². The Kier molecular flexibility index (Phi) is 3.98. The van der Waals surface area contributed by atoms with E-state index in [0.717, 1.165) is 5.56 Å². The molecule has 3 heteroatoms. The van der Waals surface area contributed by atoms with Gasteiger partial charge in [0.2, 0.25) is 0 Å². The molecule has 0 amide bonds. The highest BCUT2D eigenvalue weighted by Crippen LogP contribution is 2.43. The lowest BCUT2D eigenvalue weighted by atomic mass is 10.1. The molecule has 1 heterocycles. The molecule has 0 aliphatic carbocycles. The third-order valence-corrected chi connectivity index (χ3v) is 5.13. The molecule has 82 valence electrons. The van der Waals surface area contributed by atoms with Crippen LogP contribution in [0.4, 0.5) is 0 Å². The van der Waals surface area contributed by atoms with Gasteiger partial charge in [-0.25, -0.2) is 0 Å². The van der Waals surface area contributed by atoms with Crippen LogP contribution in [-0.4, -0.2) is 11.5 Å². The van der Waals surface area contributed by atoms with Crippen molar-refractivity contribution in [2.75, 3.05) is 11.5 Å². The first-order valence-corrected chi connectivity index (χ1v) is 7.28. The summed E-state index contributed by atoms with van der Waals surface area (Å²) in [4.78, 5) is 1.22. The average molecular weight is 247 g/mol. The predicted octanol–water partition coefficient (Wildman–Crippen LogP) is 3.98. The van der Waals surface area contributed by atoms with E-state index in [1.54, 1.807) is 0 Å². The zero-order valence-electron chi connectivity index (χ0n) is 8.98. The van der Waals surface area contributed by atoms with Gasteiger partial charge in [0.25, 0.3) is 0 Å². The fourth-order valence-corrected chi connectivity index (χ4v) is 4.19. The van der Waals surface area contributed by atoms with Crippen molar-refractivity contribution < 1.29 is 0 Å². The Hall–Kier alpha value is -0.850. The molecule has 1 fully saturated rings. The molecular weight excluding hydrogens is 234 g/mol. The maximum Gasteiger partial charge on any atom is 0.0991 e. The monoisotopic (exact) mass is 247 g/mol. The quantitative estimate of drug-likeness (QED) is 0.750. The molecule has 1 aliphatic heterocycles. The van der Waals surface area contributed by atoms with Crippen LogP contribution < -0.4 is 0 Å². The van der Waals surface area contributed by atoms with E-state index >= 15 is 0 Å². The summed E-state index contributed by atoms with van der Waals surface area (Å²) in [5.41, 5.74) is 1.95. The molecule has 1 aromatic carbocycles. The van der Waals surface area contributed by atoms with Gasteiger partial charge >= 0.3 is 0 Å². The Labute approximate surface area is 105 Å². The third kappa shape index (κ3) is 2.63. The Morgan fingerprint density at radius 1 is 1.38 bits per heavy atom. The molecule has 1 saturated heterocycles. The highest BCUT2D eigenvalue weighted by atomic mass is 32.2. The molecule has 1 nitrogen and oxygen atoms in total. The fourth-order valence-electron chi connectivity index (χ4n) is 1.69. The van der Waals surface area contributed by atoms with Crippen LogP contribution in [-0.2, 0) is 0 Å². The van der Waals surface area contributed by atoms with Gasteiger partial charge in [0.05, 0.1) is 16.9 Å². The van der Waals surface area contributed by atoms with E-state index in [0.29, 0.717) is 5.25 Å². The van der Waals surface area contributed by atoms with Crippen molar-refractivity contribution in [1.82, 2.24) is 0 Å². The second-order valence-corrected chi connectivity index (χ2v) is 6.09. The van der Waals surface area contributed by atoms with Gasteiger partial charge in [-0.15, -0.1) is 23.5 Å². The highest BCUT2D eigenvalue weighted by Gasteiger charge is 2.19. The predicted molar refractivity (Wildman–Crippen MR) is 72.6 cm³/mol. The summed E-state index contributed by atoms with van der Waals surface area (Å²) in [6.07, 6.45) is 1.24. The number of nitrogens with zero attached hydrogens (tertiary/aromatic N) is 1. The number of hydrogen-bond acceptors (Lipinski definition) is 3. The van der Waals surface area contributed by atoms with Crippen LogP contribution in [0.1, 0.15) is 22.8 Å². The van der Waals surface area contributed by atoms with Crippen molar-refractivity contribution in [3.63, 3.8) is 0 Å². The van der Waals surface area contributed by atoms with Crippen LogP contribution in [0.25, 0.3) is 0 Å². The molecule has 0 bridgehead atoms. The molecule has 1 aromatic rings. The molecule has 1 aliphatic rings.